The first-order chi connectivity index (χ1) is 14.0. The normalized spacial score (nSPS) is 13.2. The Morgan fingerprint density at radius 1 is 1.17 bits per heavy atom. The van der Waals surface area contributed by atoms with Gasteiger partial charge in [-0.3, -0.25) is 4.79 Å². The lowest BCUT2D eigenvalue weighted by Gasteiger charge is -2.11. The Morgan fingerprint density at radius 3 is 2.62 bits per heavy atom. The van der Waals surface area contributed by atoms with Gasteiger partial charge in [0.2, 0.25) is 5.91 Å². The third-order valence-electron chi connectivity index (χ3n) is 4.66. The van der Waals surface area contributed by atoms with Gasteiger partial charge in [0, 0.05) is 22.7 Å². The lowest BCUT2D eigenvalue weighted by Crippen LogP contribution is -2.15. The Hall–Kier alpha value is -3.06. The number of carbonyl (C=O) groups is 2. The number of esters is 1. The number of hydrogen-bond acceptors (Lipinski definition) is 5. The predicted octanol–water partition coefficient (Wildman–Crippen LogP) is 4.96. The molecule has 7 heteroatoms. The van der Waals surface area contributed by atoms with Gasteiger partial charge in [0.15, 0.2) is 0 Å². The number of amides is 1. The van der Waals surface area contributed by atoms with Crippen LogP contribution in [0.15, 0.2) is 48.5 Å². The average Bonchev–Trinajstić information content (AvgIpc) is 3.50. The maximum absolute atomic E-state index is 13.1. The van der Waals surface area contributed by atoms with Crippen molar-refractivity contribution in [2.75, 3.05) is 5.32 Å². The van der Waals surface area contributed by atoms with Gasteiger partial charge in [-0.25, -0.2) is 14.2 Å². The van der Waals surface area contributed by atoms with Crippen molar-refractivity contribution < 1.29 is 18.7 Å². The minimum absolute atomic E-state index is 0.00557. The maximum Gasteiger partial charge on any atom is 0.350 e. The zero-order valence-electron chi connectivity index (χ0n) is 15.8. The fourth-order valence-corrected chi connectivity index (χ4v) is 3.82. The van der Waals surface area contributed by atoms with Crippen LogP contribution < -0.4 is 5.32 Å². The number of thiazole rings is 1. The molecule has 1 saturated carbocycles. The van der Waals surface area contributed by atoms with Crippen molar-refractivity contribution in [3.8, 4) is 10.6 Å². The number of halogens is 1. The molecule has 0 saturated heterocycles. The van der Waals surface area contributed by atoms with Crippen LogP contribution >= 0.6 is 11.3 Å². The van der Waals surface area contributed by atoms with Crippen molar-refractivity contribution >= 4 is 28.9 Å². The van der Waals surface area contributed by atoms with E-state index in [-0.39, 0.29) is 24.2 Å². The second-order valence-corrected chi connectivity index (χ2v) is 7.94. The Morgan fingerprint density at radius 2 is 1.90 bits per heavy atom. The van der Waals surface area contributed by atoms with E-state index in [1.807, 2.05) is 18.2 Å². The van der Waals surface area contributed by atoms with Gasteiger partial charge < -0.3 is 10.1 Å². The zero-order valence-corrected chi connectivity index (χ0v) is 16.6. The molecule has 1 aromatic heterocycles. The molecular weight excluding hydrogens is 391 g/mol. The number of nitrogens with zero attached hydrogens (tertiary/aromatic N) is 1. The molecule has 4 rings (SSSR count). The van der Waals surface area contributed by atoms with Crippen molar-refractivity contribution in [3.63, 3.8) is 0 Å². The molecule has 3 aromatic rings. The van der Waals surface area contributed by atoms with Gasteiger partial charge in [0.1, 0.15) is 22.3 Å². The summed E-state index contributed by atoms with van der Waals surface area (Å²) >= 11 is 1.21. The van der Waals surface area contributed by atoms with E-state index in [1.165, 1.54) is 23.5 Å². The fraction of sp³-hybridized carbons (Fsp3) is 0.227. The highest BCUT2D eigenvalue weighted by Crippen LogP contribution is 2.31. The number of anilines is 1. The number of hydrogen-bond donors (Lipinski definition) is 1. The summed E-state index contributed by atoms with van der Waals surface area (Å²) in [5.74, 6) is -0.702. The molecule has 1 fully saturated rings. The largest absolute Gasteiger partial charge is 0.457 e. The third kappa shape index (κ3) is 4.51. The van der Waals surface area contributed by atoms with Crippen molar-refractivity contribution in [3.05, 3.63) is 70.5 Å². The summed E-state index contributed by atoms with van der Waals surface area (Å²) in [6.07, 6.45) is 1.84. The summed E-state index contributed by atoms with van der Waals surface area (Å²) in [5.41, 5.74) is 2.70. The smallest absolute Gasteiger partial charge is 0.350 e. The Bertz CT molecular complexity index is 1060. The second kappa shape index (κ2) is 8.13. The highest BCUT2D eigenvalue weighted by Gasteiger charge is 2.30. The van der Waals surface area contributed by atoms with Crippen molar-refractivity contribution in [2.45, 2.75) is 26.4 Å². The quantitative estimate of drug-likeness (QED) is 0.583. The number of ether oxygens (including phenoxy) is 1. The van der Waals surface area contributed by atoms with Gasteiger partial charge in [-0.1, -0.05) is 18.2 Å². The summed E-state index contributed by atoms with van der Waals surface area (Å²) in [4.78, 5) is 29.4. The molecule has 148 valence electrons. The number of aromatic nitrogens is 1. The minimum Gasteiger partial charge on any atom is -0.457 e. The number of carbonyl (C=O) groups excluding carboxylic acids is 2. The molecule has 1 heterocycles. The Kier molecular flexibility index (Phi) is 5.40. The lowest BCUT2D eigenvalue weighted by atomic mass is 10.2. The van der Waals surface area contributed by atoms with Gasteiger partial charge in [-0.05, 0) is 50.1 Å². The summed E-state index contributed by atoms with van der Waals surface area (Å²) in [5, 5.41) is 3.54. The number of aryl methyl sites for hydroxylation is 1. The van der Waals surface area contributed by atoms with E-state index < -0.39 is 5.97 Å². The van der Waals surface area contributed by atoms with Crippen LogP contribution in [0.4, 0.5) is 10.1 Å². The van der Waals surface area contributed by atoms with Gasteiger partial charge in [0.05, 0.1) is 5.69 Å². The second-order valence-electron chi connectivity index (χ2n) is 6.94. The van der Waals surface area contributed by atoms with Gasteiger partial charge >= 0.3 is 5.97 Å². The van der Waals surface area contributed by atoms with Crippen LogP contribution in [-0.2, 0) is 16.1 Å². The molecule has 0 bridgehead atoms. The van der Waals surface area contributed by atoms with Crippen LogP contribution in [0.25, 0.3) is 10.6 Å². The molecule has 1 amide bonds. The molecule has 1 aliphatic rings. The Balaban J connectivity index is 1.45. The van der Waals surface area contributed by atoms with Gasteiger partial charge in [-0.15, -0.1) is 11.3 Å². The van der Waals surface area contributed by atoms with Crippen molar-refractivity contribution in [1.29, 1.82) is 0 Å². The SMILES string of the molecule is Cc1nc(-c2ccc(F)cc2)sc1C(=O)OCc1ccccc1NC(=O)C1CC1. The summed E-state index contributed by atoms with van der Waals surface area (Å²) in [7, 11) is 0. The van der Waals surface area contributed by atoms with Crippen LogP contribution in [0.1, 0.15) is 33.8 Å². The van der Waals surface area contributed by atoms with E-state index in [4.69, 9.17) is 4.74 Å². The summed E-state index contributed by atoms with van der Waals surface area (Å²) in [6, 6.07) is 13.3. The monoisotopic (exact) mass is 410 g/mol. The van der Waals surface area contributed by atoms with E-state index in [9.17, 15) is 14.0 Å². The highest BCUT2D eigenvalue weighted by atomic mass is 32.1. The average molecular weight is 410 g/mol. The van der Waals surface area contributed by atoms with E-state index in [0.717, 1.165) is 24.0 Å². The number of benzene rings is 2. The number of nitrogens with one attached hydrogen (secondary N) is 1. The first kappa shape index (κ1) is 19.3. The third-order valence-corrected chi connectivity index (χ3v) is 5.84. The maximum atomic E-state index is 13.1. The topological polar surface area (TPSA) is 68.3 Å². The first-order valence-electron chi connectivity index (χ1n) is 9.30. The molecule has 1 aliphatic carbocycles. The van der Waals surface area contributed by atoms with Crippen LogP contribution in [-0.4, -0.2) is 16.9 Å². The molecule has 0 unspecified atom stereocenters. The van der Waals surface area contributed by atoms with Crippen LogP contribution in [0.5, 0.6) is 0 Å². The van der Waals surface area contributed by atoms with Crippen LogP contribution in [0.2, 0.25) is 0 Å². The van der Waals surface area contributed by atoms with Gasteiger partial charge in [0.25, 0.3) is 0 Å². The van der Waals surface area contributed by atoms with Gasteiger partial charge in [-0.2, -0.15) is 0 Å². The molecule has 0 atom stereocenters. The molecule has 0 radical (unpaired) electrons. The summed E-state index contributed by atoms with van der Waals surface area (Å²) in [6.45, 7) is 1.78. The number of para-hydroxylation sites is 1. The van der Waals surface area contributed by atoms with Crippen LogP contribution in [0.3, 0.4) is 0 Å². The van der Waals surface area contributed by atoms with E-state index in [0.29, 0.717) is 21.3 Å². The minimum atomic E-state index is -0.475. The lowest BCUT2D eigenvalue weighted by molar-refractivity contribution is -0.117. The Labute approximate surface area is 171 Å². The molecule has 1 N–H and O–H groups in total. The fourth-order valence-electron chi connectivity index (χ4n) is 2.86. The molecular formula is C22H19FN2O3S. The standard InChI is InChI=1S/C22H19FN2O3S/c1-13-19(29-21(24-13)15-8-10-17(23)11-9-15)22(27)28-12-16-4-2-3-5-18(16)25-20(26)14-6-7-14/h2-5,8-11,14H,6-7,12H2,1H3,(H,25,26). The molecule has 29 heavy (non-hydrogen) atoms. The molecule has 0 spiro atoms. The van der Waals surface area contributed by atoms with E-state index in [1.54, 1.807) is 25.1 Å². The first-order valence-corrected chi connectivity index (χ1v) is 10.1. The summed E-state index contributed by atoms with van der Waals surface area (Å²) < 4.78 is 18.6. The predicted molar refractivity (Wildman–Crippen MR) is 109 cm³/mol. The van der Waals surface area contributed by atoms with E-state index >= 15 is 0 Å². The van der Waals surface area contributed by atoms with Crippen LogP contribution in [0, 0.1) is 18.7 Å². The van der Waals surface area contributed by atoms with Crippen molar-refractivity contribution in [1.82, 2.24) is 4.98 Å². The van der Waals surface area contributed by atoms with E-state index in [2.05, 4.69) is 10.3 Å². The van der Waals surface area contributed by atoms with Crippen molar-refractivity contribution in [2.24, 2.45) is 5.92 Å². The zero-order chi connectivity index (χ0) is 20.4. The molecule has 2 aromatic carbocycles. The highest BCUT2D eigenvalue weighted by molar-refractivity contribution is 7.17. The molecule has 5 nitrogen and oxygen atoms in total. The molecule has 0 aliphatic heterocycles. The number of rotatable bonds is 6.